The van der Waals surface area contributed by atoms with Gasteiger partial charge in [-0.2, -0.15) is 0 Å². The van der Waals surface area contributed by atoms with E-state index in [-0.39, 0.29) is 0 Å². The molecule has 34 valence electrons. The molecule has 2 radical (unpaired) electrons. The highest BCUT2D eigenvalue weighted by Crippen LogP contribution is 2.48. The fourth-order valence-corrected chi connectivity index (χ4v) is 0. The van der Waals surface area contributed by atoms with Crippen LogP contribution in [0.15, 0.2) is 0 Å². The molecule has 2 nitrogen and oxygen atoms in total. The molecule has 0 rings (SSSR count). The van der Waals surface area contributed by atoms with Crippen LogP contribution in [0.1, 0.15) is 0 Å². The van der Waals surface area contributed by atoms with Crippen LogP contribution in [0.3, 0.4) is 0 Å². The Morgan fingerprint density at radius 2 is 1.83 bits per heavy atom. The zero-order valence-electron chi connectivity index (χ0n) is 2.60. The Morgan fingerprint density at radius 3 is 1.83 bits per heavy atom. The van der Waals surface area contributed by atoms with Crippen molar-refractivity contribution in [2.45, 2.75) is 0 Å². The first-order valence-electron chi connectivity index (χ1n) is 0.939. The molecule has 0 aromatic heterocycles. The first kappa shape index (κ1) is 6.11. The van der Waals surface area contributed by atoms with Crippen molar-refractivity contribution in [1.29, 1.82) is 0 Å². The smallest absolute Gasteiger partial charge is 0.356 e. The molecule has 0 N–H and O–H groups in total. The monoisotopic (exact) mass is 112 g/mol. The zero-order valence-corrected chi connectivity index (χ0v) is 3.49. The maximum absolute atomic E-state index is 10.7. The van der Waals surface area contributed by atoms with Gasteiger partial charge in [-0.1, -0.05) is 0 Å². The second-order valence-electron chi connectivity index (χ2n) is 0.520. The molecule has 0 spiro atoms. The molecule has 0 heterocycles. The second-order valence-corrected chi connectivity index (χ2v) is 1.56. The zero-order chi connectivity index (χ0) is 5.21. The van der Waals surface area contributed by atoms with Gasteiger partial charge in [-0.05, 0) is 0 Å². The minimum Gasteiger partial charge on any atom is -0.356 e. The van der Waals surface area contributed by atoms with Crippen LogP contribution >= 0.6 is 7.99 Å². The van der Waals surface area contributed by atoms with Gasteiger partial charge in [0.25, 0.3) is 8.05 Å². The summed E-state index contributed by atoms with van der Waals surface area (Å²) >= 11 is 0. The van der Waals surface area contributed by atoms with Crippen LogP contribution in [0, 0.1) is 0 Å². The topological polar surface area (TPSA) is 26.3 Å². The molecule has 0 aromatic carbocycles. The van der Waals surface area contributed by atoms with E-state index in [1.54, 1.807) is 0 Å². The van der Waals surface area contributed by atoms with Crippen molar-refractivity contribution in [3.8, 4) is 0 Å². The summed E-state index contributed by atoms with van der Waals surface area (Å²) in [6.45, 7) is 0. The van der Waals surface area contributed by atoms with Crippen molar-refractivity contribution in [2.24, 2.45) is 0 Å². The third kappa shape index (κ3) is 4.11. The van der Waals surface area contributed by atoms with Crippen LogP contribution in [-0.2, 0) is 9.01 Å². The van der Waals surface area contributed by atoms with Gasteiger partial charge in [0.1, 0.15) is 0 Å². The van der Waals surface area contributed by atoms with Crippen molar-refractivity contribution < 1.29 is 17.4 Å². The highest BCUT2D eigenvalue weighted by molar-refractivity contribution is 7.48. The molecule has 0 aliphatic carbocycles. The molecule has 0 aromatic rings. The van der Waals surface area contributed by atoms with E-state index in [4.69, 9.17) is 4.57 Å². The molecule has 0 bridgehead atoms. The van der Waals surface area contributed by atoms with Crippen LogP contribution in [-0.4, -0.2) is 8.05 Å². The van der Waals surface area contributed by atoms with E-state index in [1.807, 2.05) is 0 Å². The van der Waals surface area contributed by atoms with Gasteiger partial charge in [-0.15, -0.1) is 8.39 Å². The summed E-state index contributed by atoms with van der Waals surface area (Å²) in [5.74, 6) is 0. The van der Waals surface area contributed by atoms with Crippen LogP contribution in [0.4, 0.5) is 8.39 Å². The van der Waals surface area contributed by atoms with Gasteiger partial charge in [0.2, 0.25) is 0 Å². The van der Waals surface area contributed by atoms with Gasteiger partial charge in [0.15, 0.2) is 0 Å². The molecule has 0 unspecified atom stereocenters. The predicted octanol–water partition coefficient (Wildman–Crippen LogP) is 1.13. The Labute approximate surface area is 34.6 Å². The average Bonchev–Trinajstić information content (AvgIpc) is 1.35. The summed E-state index contributed by atoms with van der Waals surface area (Å²) in [6, 6.07) is 0. The number of hydrogen-bond donors (Lipinski definition) is 0. The largest absolute Gasteiger partial charge is 0.536 e. The maximum Gasteiger partial charge on any atom is 0.536 e. The highest BCUT2D eigenvalue weighted by Gasteiger charge is 2.14. The molecule has 0 atom stereocenters. The summed E-state index contributed by atoms with van der Waals surface area (Å²) in [4.78, 5) is 0. The van der Waals surface area contributed by atoms with Crippen molar-refractivity contribution >= 4 is 16.0 Å². The Morgan fingerprint density at radius 1 is 1.67 bits per heavy atom. The molecular formula is BF2O2P. The molecule has 0 aliphatic rings. The second kappa shape index (κ2) is 1.71. The van der Waals surface area contributed by atoms with Gasteiger partial charge < -0.3 is 4.44 Å². The summed E-state index contributed by atoms with van der Waals surface area (Å²) in [6.07, 6.45) is 0. The fourth-order valence-electron chi connectivity index (χ4n) is 0. The van der Waals surface area contributed by atoms with E-state index < -0.39 is 7.99 Å². The Kier molecular flexibility index (Phi) is 1.74. The number of hydrogen-bond acceptors (Lipinski definition) is 2. The van der Waals surface area contributed by atoms with E-state index in [1.165, 1.54) is 0 Å². The quantitative estimate of drug-likeness (QED) is 0.375. The van der Waals surface area contributed by atoms with Crippen LogP contribution in [0.2, 0.25) is 0 Å². The summed E-state index contributed by atoms with van der Waals surface area (Å²) in [7, 11) is -1.58. The molecule has 6 heteroatoms. The molecule has 0 fully saturated rings. The third-order valence-electron chi connectivity index (χ3n) is 0.123. The Balaban J connectivity index is 3.48. The van der Waals surface area contributed by atoms with Crippen LogP contribution in [0.5, 0.6) is 0 Å². The summed E-state index contributed by atoms with van der Waals surface area (Å²) in [5, 5.41) is 0. The molecule has 0 aliphatic heterocycles. The van der Waals surface area contributed by atoms with Gasteiger partial charge in [0, 0.05) is 0 Å². The van der Waals surface area contributed by atoms with E-state index in [0.717, 1.165) is 0 Å². The maximum atomic E-state index is 10.7. The van der Waals surface area contributed by atoms with Gasteiger partial charge >= 0.3 is 7.99 Å². The van der Waals surface area contributed by atoms with E-state index in [9.17, 15) is 8.39 Å². The number of rotatable bonds is 1. The fraction of sp³-hybridized carbons (Fsp3) is 0. The standard InChI is InChI=1S/BF2O2P/c1-5-6(2,3)4. The highest BCUT2D eigenvalue weighted by atomic mass is 31.2. The summed E-state index contributed by atoms with van der Waals surface area (Å²) in [5.41, 5.74) is 0. The normalized spacial score (nSPS) is 11.7. The van der Waals surface area contributed by atoms with Crippen molar-refractivity contribution in [3.63, 3.8) is 0 Å². The van der Waals surface area contributed by atoms with Crippen molar-refractivity contribution in [3.05, 3.63) is 0 Å². The first-order chi connectivity index (χ1) is 2.56. The van der Waals surface area contributed by atoms with E-state index in [2.05, 4.69) is 12.5 Å². The minimum absolute atomic E-state index is 2.66. The molecule has 0 saturated heterocycles. The van der Waals surface area contributed by atoms with Crippen LogP contribution < -0.4 is 0 Å². The van der Waals surface area contributed by atoms with E-state index in [0.29, 0.717) is 0 Å². The Bertz CT molecular complexity index is 75.6. The number of halogens is 2. The lowest BCUT2D eigenvalue weighted by Gasteiger charge is -1.87. The summed E-state index contributed by atoms with van der Waals surface area (Å²) < 4.78 is 32.9. The minimum atomic E-state index is -5.37. The van der Waals surface area contributed by atoms with Gasteiger partial charge in [0.05, 0.1) is 0 Å². The predicted molar refractivity (Wildman–Crippen MR) is 16.7 cm³/mol. The van der Waals surface area contributed by atoms with Crippen molar-refractivity contribution in [1.82, 2.24) is 0 Å². The Hall–Kier alpha value is 0.115. The molecule has 0 amide bonds. The van der Waals surface area contributed by atoms with Gasteiger partial charge in [-0.25, -0.2) is 4.57 Å². The van der Waals surface area contributed by atoms with Crippen LogP contribution in [0.25, 0.3) is 0 Å². The third-order valence-corrected chi connectivity index (χ3v) is 0.368. The van der Waals surface area contributed by atoms with Crippen molar-refractivity contribution in [2.75, 3.05) is 0 Å². The molecule has 0 saturated carbocycles. The lowest BCUT2D eigenvalue weighted by Crippen LogP contribution is -1.66. The SMILES string of the molecule is [B]OP(=O)(F)F. The lowest BCUT2D eigenvalue weighted by atomic mass is 10.6. The average molecular weight is 112 g/mol. The van der Waals surface area contributed by atoms with E-state index >= 15 is 0 Å². The lowest BCUT2D eigenvalue weighted by molar-refractivity contribution is 0.399. The molecule has 6 heavy (non-hydrogen) atoms. The van der Waals surface area contributed by atoms with Gasteiger partial charge in [-0.3, -0.25) is 0 Å². The molecular weight excluding hydrogens is 112 g/mol. The first-order valence-corrected chi connectivity index (χ1v) is 2.35.